The van der Waals surface area contributed by atoms with Crippen LogP contribution in [0.15, 0.2) is 36.7 Å². The molecule has 0 radical (unpaired) electrons. The van der Waals surface area contributed by atoms with Crippen LogP contribution in [0.5, 0.6) is 5.75 Å². The molecule has 0 amide bonds. The van der Waals surface area contributed by atoms with Gasteiger partial charge in [0.05, 0.1) is 13.2 Å². The van der Waals surface area contributed by atoms with Crippen molar-refractivity contribution >= 4 is 0 Å². The molecule has 20 heavy (non-hydrogen) atoms. The first-order valence-electron chi connectivity index (χ1n) is 6.51. The fourth-order valence-corrected chi connectivity index (χ4v) is 2.05. The third-order valence-electron chi connectivity index (χ3n) is 3.21. The molecule has 0 aliphatic rings. The molecule has 0 saturated heterocycles. The lowest BCUT2D eigenvalue weighted by Gasteiger charge is -2.15. The van der Waals surface area contributed by atoms with Gasteiger partial charge in [-0.2, -0.15) is 5.26 Å². The van der Waals surface area contributed by atoms with E-state index in [-0.39, 0.29) is 0 Å². The fourth-order valence-electron chi connectivity index (χ4n) is 2.05. The van der Waals surface area contributed by atoms with Crippen molar-refractivity contribution in [2.24, 2.45) is 0 Å². The lowest BCUT2D eigenvalue weighted by atomic mass is 9.94. The average molecular weight is 267 g/mol. The van der Waals surface area contributed by atoms with Gasteiger partial charge in [-0.15, -0.1) is 0 Å². The molecule has 0 N–H and O–H groups in total. The Morgan fingerprint density at radius 1 is 1.20 bits per heavy atom. The molecule has 1 aromatic heterocycles. The summed E-state index contributed by atoms with van der Waals surface area (Å²) >= 11 is 0. The molecule has 4 heteroatoms. The summed E-state index contributed by atoms with van der Waals surface area (Å²) in [5.74, 6) is 1.08. The van der Waals surface area contributed by atoms with Crippen molar-refractivity contribution in [3.63, 3.8) is 0 Å². The fraction of sp³-hybridized carbons (Fsp3) is 0.312. The first-order valence-corrected chi connectivity index (χ1v) is 6.51. The quantitative estimate of drug-likeness (QED) is 0.853. The minimum atomic E-state index is -0.521. The standard InChI is InChI=1S/C16H17N3O/c1-11(2)12-5-6-13(15(9-12)20-3)14(10-17)16-18-7-4-8-19-16/h4-9,11,14H,1-3H3. The molecule has 1 atom stereocenters. The minimum Gasteiger partial charge on any atom is -0.496 e. The van der Waals surface area contributed by atoms with E-state index in [0.29, 0.717) is 17.5 Å². The summed E-state index contributed by atoms with van der Waals surface area (Å²) in [7, 11) is 1.61. The van der Waals surface area contributed by atoms with E-state index in [9.17, 15) is 5.26 Å². The first kappa shape index (κ1) is 14.0. The smallest absolute Gasteiger partial charge is 0.149 e. The number of ether oxygens (including phenoxy) is 1. The van der Waals surface area contributed by atoms with Gasteiger partial charge in [0.25, 0.3) is 0 Å². The second-order valence-corrected chi connectivity index (χ2v) is 4.83. The number of aromatic nitrogens is 2. The molecular formula is C16H17N3O. The SMILES string of the molecule is COc1cc(C(C)C)ccc1C(C#N)c1ncccn1. The Hall–Kier alpha value is -2.41. The Morgan fingerprint density at radius 2 is 1.90 bits per heavy atom. The molecule has 0 aliphatic carbocycles. The van der Waals surface area contributed by atoms with Gasteiger partial charge in [-0.25, -0.2) is 9.97 Å². The van der Waals surface area contributed by atoms with Gasteiger partial charge in [0.15, 0.2) is 0 Å². The predicted molar refractivity (Wildman–Crippen MR) is 76.6 cm³/mol. The van der Waals surface area contributed by atoms with Crippen LogP contribution in [-0.2, 0) is 0 Å². The van der Waals surface area contributed by atoms with Crippen LogP contribution in [0, 0.1) is 11.3 Å². The Morgan fingerprint density at radius 3 is 2.45 bits per heavy atom. The van der Waals surface area contributed by atoms with E-state index in [2.05, 4.69) is 29.9 Å². The molecule has 0 fully saturated rings. The number of hydrogen-bond acceptors (Lipinski definition) is 4. The number of rotatable bonds is 4. The van der Waals surface area contributed by atoms with Crippen LogP contribution in [0.3, 0.4) is 0 Å². The third kappa shape index (κ3) is 2.77. The van der Waals surface area contributed by atoms with Crippen LogP contribution in [0.1, 0.15) is 42.6 Å². The van der Waals surface area contributed by atoms with Crippen molar-refractivity contribution in [3.8, 4) is 11.8 Å². The van der Waals surface area contributed by atoms with Crippen molar-refractivity contribution in [2.45, 2.75) is 25.7 Å². The van der Waals surface area contributed by atoms with Crippen LogP contribution in [-0.4, -0.2) is 17.1 Å². The Bertz CT molecular complexity index is 617. The highest BCUT2D eigenvalue weighted by atomic mass is 16.5. The van der Waals surface area contributed by atoms with E-state index < -0.39 is 5.92 Å². The zero-order valence-corrected chi connectivity index (χ0v) is 11.9. The zero-order chi connectivity index (χ0) is 14.5. The van der Waals surface area contributed by atoms with E-state index >= 15 is 0 Å². The highest BCUT2D eigenvalue weighted by Crippen LogP contribution is 2.32. The number of nitrogens with zero attached hydrogens (tertiary/aromatic N) is 3. The van der Waals surface area contributed by atoms with Crippen molar-refractivity contribution in [1.82, 2.24) is 9.97 Å². The molecule has 0 saturated carbocycles. The monoisotopic (exact) mass is 267 g/mol. The molecule has 4 nitrogen and oxygen atoms in total. The first-order chi connectivity index (χ1) is 9.67. The van der Waals surface area contributed by atoms with E-state index in [4.69, 9.17) is 4.74 Å². The molecular weight excluding hydrogens is 250 g/mol. The lowest BCUT2D eigenvalue weighted by Crippen LogP contribution is -2.06. The summed E-state index contributed by atoms with van der Waals surface area (Å²) in [6, 6.07) is 9.92. The van der Waals surface area contributed by atoms with Gasteiger partial charge in [0, 0.05) is 18.0 Å². The van der Waals surface area contributed by atoms with E-state index in [1.165, 1.54) is 5.56 Å². The highest BCUT2D eigenvalue weighted by molar-refractivity contribution is 5.45. The molecule has 0 bridgehead atoms. The summed E-state index contributed by atoms with van der Waals surface area (Å²) < 4.78 is 5.43. The summed E-state index contributed by atoms with van der Waals surface area (Å²) in [6.07, 6.45) is 3.28. The minimum absolute atomic E-state index is 0.409. The normalized spacial score (nSPS) is 11.9. The second-order valence-electron chi connectivity index (χ2n) is 4.83. The number of nitriles is 1. The molecule has 0 spiro atoms. The summed E-state index contributed by atoms with van der Waals surface area (Å²) in [5.41, 5.74) is 1.97. The van der Waals surface area contributed by atoms with Crippen LogP contribution >= 0.6 is 0 Å². The third-order valence-corrected chi connectivity index (χ3v) is 3.21. The zero-order valence-electron chi connectivity index (χ0n) is 11.9. The second kappa shape index (κ2) is 6.16. The number of hydrogen-bond donors (Lipinski definition) is 0. The van der Waals surface area contributed by atoms with E-state index in [1.54, 1.807) is 25.6 Å². The van der Waals surface area contributed by atoms with Crippen molar-refractivity contribution < 1.29 is 4.74 Å². The molecule has 2 rings (SSSR count). The van der Waals surface area contributed by atoms with Crippen molar-refractivity contribution in [3.05, 3.63) is 53.6 Å². The Labute approximate surface area is 119 Å². The summed E-state index contributed by atoms with van der Waals surface area (Å²) in [5, 5.41) is 9.45. The molecule has 102 valence electrons. The van der Waals surface area contributed by atoms with Gasteiger partial charge in [-0.3, -0.25) is 0 Å². The Kier molecular flexibility index (Phi) is 4.31. The van der Waals surface area contributed by atoms with Gasteiger partial charge >= 0.3 is 0 Å². The van der Waals surface area contributed by atoms with Gasteiger partial charge in [-0.1, -0.05) is 26.0 Å². The predicted octanol–water partition coefficient (Wildman–Crippen LogP) is 3.26. The van der Waals surface area contributed by atoms with E-state index in [1.807, 2.05) is 18.2 Å². The molecule has 1 unspecified atom stereocenters. The topological polar surface area (TPSA) is 58.8 Å². The largest absolute Gasteiger partial charge is 0.496 e. The summed E-state index contributed by atoms with van der Waals surface area (Å²) in [4.78, 5) is 8.34. The molecule has 1 aromatic carbocycles. The maximum atomic E-state index is 9.45. The maximum absolute atomic E-state index is 9.45. The van der Waals surface area contributed by atoms with Crippen LogP contribution in [0.2, 0.25) is 0 Å². The van der Waals surface area contributed by atoms with Gasteiger partial charge < -0.3 is 4.74 Å². The number of methoxy groups -OCH3 is 1. The van der Waals surface area contributed by atoms with Gasteiger partial charge in [0.1, 0.15) is 17.5 Å². The van der Waals surface area contributed by atoms with Gasteiger partial charge in [0.2, 0.25) is 0 Å². The summed E-state index contributed by atoms with van der Waals surface area (Å²) in [6.45, 7) is 4.24. The number of benzene rings is 1. The molecule has 1 heterocycles. The maximum Gasteiger partial charge on any atom is 0.149 e. The van der Waals surface area contributed by atoms with Crippen LogP contribution in [0.25, 0.3) is 0 Å². The van der Waals surface area contributed by atoms with Crippen molar-refractivity contribution in [1.29, 1.82) is 5.26 Å². The van der Waals surface area contributed by atoms with Gasteiger partial charge in [-0.05, 0) is 23.6 Å². The molecule has 2 aromatic rings. The molecule has 0 aliphatic heterocycles. The van der Waals surface area contributed by atoms with Crippen LogP contribution in [0.4, 0.5) is 0 Å². The average Bonchev–Trinajstić information content (AvgIpc) is 2.49. The van der Waals surface area contributed by atoms with Crippen molar-refractivity contribution in [2.75, 3.05) is 7.11 Å². The van der Waals surface area contributed by atoms with E-state index in [0.717, 1.165) is 5.56 Å². The van der Waals surface area contributed by atoms with Crippen LogP contribution < -0.4 is 4.74 Å². The Balaban J connectivity index is 2.48. The highest BCUT2D eigenvalue weighted by Gasteiger charge is 2.20. The lowest BCUT2D eigenvalue weighted by molar-refractivity contribution is 0.408.